The molecule has 0 aromatic heterocycles. The van der Waals surface area contributed by atoms with Gasteiger partial charge in [-0.05, 0) is 31.9 Å². The van der Waals surface area contributed by atoms with Gasteiger partial charge in [0.05, 0.1) is 12.2 Å². The molecule has 15 heavy (non-hydrogen) atoms. The quantitative estimate of drug-likeness (QED) is 0.822. The minimum atomic E-state index is -0.784. The average molecular weight is 208 g/mol. The molecule has 1 rings (SSSR count). The lowest BCUT2D eigenvalue weighted by Gasteiger charge is -2.23. The van der Waals surface area contributed by atoms with E-state index >= 15 is 0 Å². The molecule has 0 heterocycles. The highest BCUT2D eigenvalue weighted by Crippen LogP contribution is 2.18. The smallest absolute Gasteiger partial charge is 0.0892 e. The maximum Gasteiger partial charge on any atom is 0.0892 e. The molecule has 0 bridgehead atoms. The molecule has 2 heteroatoms. The van der Waals surface area contributed by atoms with E-state index in [9.17, 15) is 5.11 Å². The molecule has 1 unspecified atom stereocenters. The molecule has 0 radical (unpaired) electrons. The molecule has 0 aliphatic heterocycles. The van der Waals surface area contributed by atoms with Gasteiger partial charge in [0.25, 0.3) is 0 Å². The molecule has 0 aliphatic rings. The van der Waals surface area contributed by atoms with Gasteiger partial charge < -0.3 is 9.84 Å². The minimum Gasteiger partial charge on any atom is -0.387 e. The molecule has 0 fully saturated rings. The third kappa shape index (κ3) is 3.65. The zero-order valence-electron chi connectivity index (χ0n) is 10.0. The first-order valence-corrected chi connectivity index (χ1v) is 5.22. The van der Waals surface area contributed by atoms with Gasteiger partial charge in [0.2, 0.25) is 0 Å². The van der Waals surface area contributed by atoms with Gasteiger partial charge in [0.15, 0.2) is 0 Å². The Morgan fingerprint density at radius 1 is 1.33 bits per heavy atom. The number of benzene rings is 1. The monoisotopic (exact) mass is 208 g/mol. The third-order valence-electron chi connectivity index (χ3n) is 2.53. The summed E-state index contributed by atoms with van der Waals surface area (Å²) in [5, 5.41) is 10.1. The van der Waals surface area contributed by atoms with E-state index in [4.69, 9.17) is 4.74 Å². The maximum absolute atomic E-state index is 10.1. The summed E-state index contributed by atoms with van der Waals surface area (Å²) < 4.78 is 5.00. The number of ether oxygens (including phenoxy) is 1. The van der Waals surface area contributed by atoms with Crippen LogP contribution in [-0.2, 0) is 11.2 Å². The summed E-state index contributed by atoms with van der Waals surface area (Å²) >= 11 is 0. The molecule has 1 N–H and O–H groups in total. The van der Waals surface area contributed by atoms with Crippen LogP contribution < -0.4 is 0 Å². The summed E-state index contributed by atoms with van der Waals surface area (Å²) in [4.78, 5) is 0. The lowest BCUT2D eigenvalue weighted by molar-refractivity contribution is -0.0162. The second-order valence-corrected chi connectivity index (χ2v) is 4.54. The van der Waals surface area contributed by atoms with Gasteiger partial charge in [-0.1, -0.05) is 23.8 Å². The lowest BCUT2D eigenvalue weighted by Crippen LogP contribution is -2.33. The fraction of sp³-hybridized carbons (Fsp3) is 0.538. The van der Waals surface area contributed by atoms with E-state index in [-0.39, 0.29) is 0 Å². The normalized spacial score (nSPS) is 15.0. The molecule has 0 saturated carbocycles. The largest absolute Gasteiger partial charge is 0.387 e. The van der Waals surface area contributed by atoms with Crippen LogP contribution in [0.5, 0.6) is 0 Å². The first-order chi connectivity index (χ1) is 6.94. The van der Waals surface area contributed by atoms with Crippen LogP contribution >= 0.6 is 0 Å². The number of hydrogen-bond acceptors (Lipinski definition) is 2. The van der Waals surface area contributed by atoms with E-state index in [0.29, 0.717) is 13.0 Å². The topological polar surface area (TPSA) is 29.5 Å². The van der Waals surface area contributed by atoms with Crippen molar-refractivity contribution in [3.63, 3.8) is 0 Å². The highest BCUT2D eigenvalue weighted by atomic mass is 16.5. The zero-order chi connectivity index (χ0) is 11.5. The predicted octanol–water partition coefficient (Wildman–Crippen LogP) is 2.24. The summed E-state index contributed by atoms with van der Waals surface area (Å²) in [6.07, 6.45) is 0.633. The van der Waals surface area contributed by atoms with Crippen LogP contribution in [0.1, 0.15) is 23.6 Å². The van der Waals surface area contributed by atoms with Gasteiger partial charge in [0.1, 0.15) is 0 Å². The molecule has 0 spiro atoms. The Hall–Kier alpha value is -0.860. The molecule has 0 aliphatic carbocycles. The fourth-order valence-electron chi connectivity index (χ4n) is 1.76. The molecule has 1 aromatic carbocycles. The van der Waals surface area contributed by atoms with Crippen LogP contribution in [0, 0.1) is 13.8 Å². The summed E-state index contributed by atoms with van der Waals surface area (Å²) in [6, 6.07) is 6.30. The second kappa shape index (κ2) is 4.77. The van der Waals surface area contributed by atoms with Crippen molar-refractivity contribution in [1.82, 2.24) is 0 Å². The van der Waals surface area contributed by atoms with Crippen LogP contribution in [0.25, 0.3) is 0 Å². The number of rotatable bonds is 4. The Bertz CT molecular complexity index is 329. The fourth-order valence-corrected chi connectivity index (χ4v) is 1.76. The van der Waals surface area contributed by atoms with Gasteiger partial charge in [-0.25, -0.2) is 0 Å². The summed E-state index contributed by atoms with van der Waals surface area (Å²) in [7, 11) is 1.61. The van der Waals surface area contributed by atoms with Gasteiger partial charge in [-0.2, -0.15) is 0 Å². The lowest BCUT2D eigenvalue weighted by atomic mass is 9.93. The van der Waals surface area contributed by atoms with Crippen molar-refractivity contribution in [3.8, 4) is 0 Å². The Morgan fingerprint density at radius 2 is 2.00 bits per heavy atom. The van der Waals surface area contributed by atoms with E-state index in [1.54, 1.807) is 14.0 Å². The summed E-state index contributed by atoms with van der Waals surface area (Å²) in [5.74, 6) is 0. The maximum atomic E-state index is 10.1. The second-order valence-electron chi connectivity index (χ2n) is 4.54. The highest BCUT2D eigenvalue weighted by Gasteiger charge is 2.21. The average Bonchev–Trinajstić information content (AvgIpc) is 2.10. The van der Waals surface area contributed by atoms with Gasteiger partial charge >= 0.3 is 0 Å². The molecule has 1 atom stereocenters. The molecular formula is C13H20O2. The van der Waals surface area contributed by atoms with Crippen molar-refractivity contribution in [1.29, 1.82) is 0 Å². The van der Waals surface area contributed by atoms with E-state index in [2.05, 4.69) is 32.0 Å². The Balaban J connectivity index is 2.83. The van der Waals surface area contributed by atoms with Crippen LogP contribution in [-0.4, -0.2) is 24.4 Å². The standard InChI is InChI=1S/C13H20O2/c1-10-5-6-11(2)12(7-10)8-13(3,14)9-15-4/h5-7,14H,8-9H2,1-4H3. The van der Waals surface area contributed by atoms with E-state index in [1.807, 2.05) is 0 Å². The molecule has 0 saturated heterocycles. The van der Waals surface area contributed by atoms with E-state index in [1.165, 1.54) is 16.7 Å². The van der Waals surface area contributed by atoms with E-state index < -0.39 is 5.60 Å². The number of hydrogen-bond donors (Lipinski definition) is 1. The summed E-state index contributed by atoms with van der Waals surface area (Å²) in [5.41, 5.74) is 2.85. The Morgan fingerprint density at radius 3 is 2.60 bits per heavy atom. The van der Waals surface area contributed by atoms with Crippen molar-refractivity contribution in [2.75, 3.05) is 13.7 Å². The zero-order valence-corrected chi connectivity index (χ0v) is 10.0. The van der Waals surface area contributed by atoms with Crippen molar-refractivity contribution in [2.24, 2.45) is 0 Å². The molecule has 1 aromatic rings. The van der Waals surface area contributed by atoms with Crippen molar-refractivity contribution in [2.45, 2.75) is 32.8 Å². The minimum absolute atomic E-state index is 0.361. The van der Waals surface area contributed by atoms with Crippen molar-refractivity contribution in [3.05, 3.63) is 34.9 Å². The summed E-state index contributed by atoms with van der Waals surface area (Å²) in [6.45, 7) is 6.30. The highest BCUT2D eigenvalue weighted by molar-refractivity contribution is 5.31. The first kappa shape index (κ1) is 12.2. The molecular weight excluding hydrogens is 188 g/mol. The van der Waals surface area contributed by atoms with Crippen LogP contribution in [0.3, 0.4) is 0 Å². The van der Waals surface area contributed by atoms with Gasteiger partial charge in [0, 0.05) is 13.5 Å². The van der Waals surface area contributed by atoms with Crippen LogP contribution in [0.4, 0.5) is 0 Å². The molecule has 84 valence electrons. The number of aliphatic hydroxyl groups is 1. The third-order valence-corrected chi connectivity index (χ3v) is 2.53. The SMILES string of the molecule is COCC(C)(O)Cc1cc(C)ccc1C. The molecule has 2 nitrogen and oxygen atoms in total. The number of methoxy groups -OCH3 is 1. The van der Waals surface area contributed by atoms with Gasteiger partial charge in [-0.15, -0.1) is 0 Å². The first-order valence-electron chi connectivity index (χ1n) is 5.22. The van der Waals surface area contributed by atoms with Crippen LogP contribution in [0.2, 0.25) is 0 Å². The van der Waals surface area contributed by atoms with Crippen molar-refractivity contribution < 1.29 is 9.84 Å². The number of aryl methyl sites for hydroxylation is 2. The Labute approximate surface area is 91.9 Å². The van der Waals surface area contributed by atoms with E-state index in [0.717, 1.165) is 0 Å². The van der Waals surface area contributed by atoms with Crippen molar-refractivity contribution >= 4 is 0 Å². The van der Waals surface area contributed by atoms with Gasteiger partial charge in [-0.3, -0.25) is 0 Å². The van der Waals surface area contributed by atoms with Crippen LogP contribution in [0.15, 0.2) is 18.2 Å². The Kier molecular flexibility index (Phi) is 3.89. The molecule has 0 amide bonds. The predicted molar refractivity (Wildman–Crippen MR) is 62.1 cm³/mol.